The van der Waals surface area contributed by atoms with Gasteiger partial charge in [0.25, 0.3) is 5.91 Å². The quantitative estimate of drug-likeness (QED) is 0.414. The third kappa shape index (κ3) is 5.05. The van der Waals surface area contributed by atoms with Crippen molar-refractivity contribution < 1.29 is 18.7 Å². The Bertz CT molecular complexity index is 1390. The van der Waals surface area contributed by atoms with Gasteiger partial charge in [-0.25, -0.2) is 9.18 Å². The SMILES string of the molecule is O=C(COC(=O)c1c2c(nc3ccccc13)CCN(Cc1ccccc1)C2)Nc1ccccc1F. The van der Waals surface area contributed by atoms with Crippen molar-refractivity contribution in [2.24, 2.45) is 0 Å². The van der Waals surface area contributed by atoms with Gasteiger partial charge in [-0.2, -0.15) is 0 Å². The minimum Gasteiger partial charge on any atom is -0.452 e. The Kier molecular flexibility index (Phi) is 6.50. The van der Waals surface area contributed by atoms with Gasteiger partial charge < -0.3 is 10.1 Å². The number of carbonyl (C=O) groups is 2. The van der Waals surface area contributed by atoms with Crippen LogP contribution in [0.15, 0.2) is 78.9 Å². The first-order chi connectivity index (χ1) is 17.1. The summed E-state index contributed by atoms with van der Waals surface area (Å²) in [4.78, 5) is 32.7. The molecule has 35 heavy (non-hydrogen) atoms. The molecule has 7 heteroatoms. The van der Waals surface area contributed by atoms with Crippen LogP contribution in [-0.4, -0.2) is 34.9 Å². The number of nitrogens with zero attached hydrogens (tertiary/aromatic N) is 2. The molecule has 0 aliphatic carbocycles. The molecule has 1 amide bonds. The van der Waals surface area contributed by atoms with E-state index in [1.807, 2.05) is 42.5 Å². The standard InChI is InChI=1S/C28H24FN3O3/c29-22-11-5-7-13-25(22)31-26(33)18-35-28(34)27-20-10-4-6-12-23(20)30-24-14-15-32(17-21(24)27)16-19-8-2-1-3-9-19/h1-13H,14-18H2,(H,31,33). The first-order valence-corrected chi connectivity index (χ1v) is 11.5. The molecule has 5 rings (SSSR count). The number of hydrogen-bond donors (Lipinski definition) is 1. The Labute approximate surface area is 202 Å². The number of hydrogen-bond acceptors (Lipinski definition) is 5. The molecule has 0 bridgehead atoms. The maximum Gasteiger partial charge on any atom is 0.339 e. The summed E-state index contributed by atoms with van der Waals surface area (Å²) < 4.78 is 19.2. The van der Waals surface area contributed by atoms with Crippen LogP contribution in [0.4, 0.5) is 10.1 Å². The Morgan fingerprint density at radius 2 is 1.71 bits per heavy atom. The predicted octanol–water partition coefficient (Wildman–Crippen LogP) is 4.73. The Hall–Kier alpha value is -4.10. The van der Waals surface area contributed by atoms with Gasteiger partial charge in [-0.1, -0.05) is 60.7 Å². The Morgan fingerprint density at radius 1 is 0.971 bits per heavy atom. The number of benzene rings is 3. The minimum absolute atomic E-state index is 0.0387. The molecule has 3 aromatic carbocycles. The summed E-state index contributed by atoms with van der Waals surface area (Å²) in [6, 6.07) is 23.5. The van der Waals surface area contributed by atoms with Crippen LogP contribution in [0.3, 0.4) is 0 Å². The van der Waals surface area contributed by atoms with Crippen LogP contribution in [0.5, 0.6) is 0 Å². The van der Waals surface area contributed by atoms with Crippen LogP contribution in [0, 0.1) is 5.82 Å². The highest BCUT2D eigenvalue weighted by atomic mass is 19.1. The lowest BCUT2D eigenvalue weighted by Gasteiger charge is -2.30. The molecule has 1 aromatic heterocycles. The van der Waals surface area contributed by atoms with E-state index in [0.717, 1.165) is 24.3 Å². The van der Waals surface area contributed by atoms with Crippen LogP contribution < -0.4 is 5.32 Å². The van der Waals surface area contributed by atoms with Crippen molar-refractivity contribution in [3.8, 4) is 0 Å². The second-order valence-corrected chi connectivity index (χ2v) is 8.48. The van der Waals surface area contributed by atoms with Gasteiger partial charge >= 0.3 is 5.97 Å². The maximum atomic E-state index is 13.8. The van der Waals surface area contributed by atoms with E-state index in [0.29, 0.717) is 29.4 Å². The summed E-state index contributed by atoms with van der Waals surface area (Å²) in [5, 5.41) is 3.13. The average Bonchev–Trinajstić information content (AvgIpc) is 2.88. The summed E-state index contributed by atoms with van der Waals surface area (Å²) in [6.45, 7) is 1.61. The normalized spacial score (nSPS) is 13.3. The zero-order valence-electron chi connectivity index (χ0n) is 19.0. The van der Waals surface area contributed by atoms with Gasteiger partial charge in [0.1, 0.15) is 5.82 Å². The van der Waals surface area contributed by atoms with Crippen LogP contribution in [-0.2, 0) is 29.0 Å². The number of amides is 1. The molecule has 0 saturated carbocycles. The Morgan fingerprint density at radius 3 is 2.54 bits per heavy atom. The fourth-order valence-electron chi connectivity index (χ4n) is 4.41. The van der Waals surface area contributed by atoms with Gasteiger partial charge in [0.05, 0.1) is 16.8 Å². The van der Waals surface area contributed by atoms with Crippen molar-refractivity contribution in [3.63, 3.8) is 0 Å². The van der Waals surface area contributed by atoms with Gasteiger partial charge in [-0.05, 0) is 23.8 Å². The van der Waals surface area contributed by atoms with Gasteiger partial charge in [0, 0.05) is 42.7 Å². The molecule has 2 heterocycles. The number of fused-ring (bicyclic) bond motifs is 2. The summed E-state index contributed by atoms with van der Waals surface area (Å²) in [6.07, 6.45) is 0.709. The van der Waals surface area contributed by atoms with E-state index < -0.39 is 24.3 Å². The lowest BCUT2D eigenvalue weighted by Crippen LogP contribution is -2.32. The molecular formula is C28H24FN3O3. The largest absolute Gasteiger partial charge is 0.452 e. The molecule has 0 atom stereocenters. The molecule has 0 spiro atoms. The number of ether oxygens (including phenoxy) is 1. The zero-order chi connectivity index (χ0) is 24.2. The molecule has 0 fully saturated rings. The highest BCUT2D eigenvalue weighted by Gasteiger charge is 2.27. The highest BCUT2D eigenvalue weighted by molar-refractivity contribution is 6.06. The molecule has 176 valence electrons. The smallest absolute Gasteiger partial charge is 0.339 e. The number of para-hydroxylation sites is 2. The summed E-state index contributed by atoms with van der Waals surface area (Å²) in [5.74, 6) is -1.76. The molecule has 1 N–H and O–H groups in total. The third-order valence-electron chi connectivity index (χ3n) is 6.06. The molecule has 1 aliphatic rings. The fourth-order valence-corrected chi connectivity index (χ4v) is 4.41. The second-order valence-electron chi connectivity index (χ2n) is 8.48. The number of halogens is 1. The van der Waals surface area contributed by atoms with Crippen molar-refractivity contribution in [2.75, 3.05) is 18.5 Å². The zero-order valence-corrected chi connectivity index (χ0v) is 19.0. The van der Waals surface area contributed by atoms with E-state index in [2.05, 4.69) is 22.3 Å². The van der Waals surface area contributed by atoms with Crippen LogP contribution >= 0.6 is 0 Å². The van der Waals surface area contributed by atoms with Crippen LogP contribution in [0.25, 0.3) is 10.9 Å². The molecule has 0 radical (unpaired) electrons. The van der Waals surface area contributed by atoms with Crippen molar-refractivity contribution >= 4 is 28.5 Å². The minimum atomic E-state index is -0.610. The van der Waals surface area contributed by atoms with Gasteiger partial charge in [-0.3, -0.25) is 14.7 Å². The molecular weight excluding hydrogens is 445 g/mol. The van der Waals surface area contributed by atoms with E-state index in [-0.39, 0.29) is 5.69 Å². The molecule has 0 unspecified atom stereocenters. The van der Waals surface area contributed by atoms with Gasteiger partial charge in [-0.15, -0.1) is 0 Å². The molecule has 0 saturated heterocycles. The second kappa shape index (κ2) is 10.0. The average molecular weight is 470 g/mol. The van der Waals surface area contributed by atoms with Gasteiger partial charge in [0.2, 0.25) is 0 Å². The monoisotopic (exact) mass is 469 g/mol. The fraction of sp³-hybridized carbons (Fsp3) is 0.179. The van der Waals surface area contributed by atoms with Crippen LogP contribution in [0.1, 0.15) is 27.2 Å². The number of carbonyl (C=O) groups excluding carboxylic acids is 2. The van der Waals surface area contributed by atoms with Crippen molar-refractivity contribution in [3.05, 3.63) is 107 Å². The number of pyridine rings is 1. The number of nitrogens with one attached hydrogen (secondary N) is 1. The third-order valence-corrected chi connectivity index (χ3v) is 6.06. The molecule has 4 aromatic rings. The van der Waals surface area contributed by atoms with Crippen molar-refractivity contribution in [1.29, 1.82) is 0 Å². The summed E-state index contributed by atoms with van der Waals surface area (Å²) in [7, 11) is 0. The van der Waals surface area contributed by atoms with E-state index in [1.165, 1.54) is 23.8 Å². The number of aromatic nitrogens is 1. The van der Waals surface area contributed by atoms with Gasteiger partial charge in [0.15, 0.2) is 6.61 Å². The number of anilines is 1. The predicted molar refractivity (Wildman–Crippen MR) is 131 cm³/mol. The highest BCUT2D eigenvalue weighted by Crippen LogP contribution is 2.29. The maximum absolute atomic E-state index is 13.8. The van der Waals surface area contributed by atoms with E-state index >= 15 is 0 Å². The van der Waals surface area contributed by atoms with E-state index in [4.69, 9.17) is 9.72 Å². The lowest BCUT2D eigenvalue weighted by molar-refractivity contribution is -0.119. The molecule has 6 nitrogen and oxygen atoms in total. The number of rotatable bonds is 6. The summed E-state index contributed by atoms with van der Waals surface area (Å²) >= 11 is 0. The topological polar surface area (TPSA) is 71.5 Å². The van der Waals surface area contributed by atoms with Crippen molar-refractivity contribution in [2.45, 2.75) is 19.5 Å². The molecule has 1 aliphatic heterocycles. The number of esters is 1. The van der Waals surface area contributed by atoms with Crippen LogP contribution in [0.2, 0.25) is 0 Å². The first-order valence-electron chi connectivity index (χ1n) is 11.5. The lowest BCUT2D eigenvalue weighted by atomic mass is 9.95. The first kappa shape index (κ1) is 22.7. The summed E-state index contributed by atoms with van der Waals surface area (Å²) in [5.41, 5.74) is 4.07. The van der Waals surface area contributed by atoms with E-state index in [1.54, 1.807) is 6.07 Å². The van der Waals surface area contributed by atoms with E-state index in [9.17, 15) is 14.0 Å². The van der Waals surface area contributed by atoms with Crippen molar-refractivity contribution in [1.82, 2.24) is 9.88 Å². The Balaban J connectivity index is 1.38.